The molecule has 1 N–H and O–H groups in total. The first-order chi connectivity index (χ1) is 12.7. The van der Waals surface area contributed by atoms with Crippen molar-refractivity contribution in [1.29, 1.82) is 0 Å². The second-order valence-corrected chi connectivity index (χ2v) is 6.23. The van der Waals surface area contributed by atoms with Gasteiger partial charge in [-0.3, -0.25) is 0 Å². The first-order valence-corrected chi connectivity index (χ1v) is 8.60. The van der Waals surface area contributed by atoms with Gasteiger partial charge in [0.05, 0.1) is 12.7 Å². The van der Waals surface area contributed by atoms with Crippen LogP contribution in [0.5, 0.6) is 0 Å². The summed E-state index contributed by atoms with van der Waals surface area (Å²) >= 11 is 0. The molecule has 6 nitrogen and oxygen atoms in total. The predicted molar refractivity (Wildman–Crippen MR) is 96.8 cm³/mol. The van der Waals surface area contributed by atoms with Crippen LogP contribution in [0.25, 0.3) is 22.8 Å². The maximum atomic E-state index is 11.7. The number of hydrogen-bond donors (Lipinski definition) is 1. The summed E-state index contributed by atoms with van der Waals surface area (Å²) in [6, 6.07) is 13.3. The third-order valence-corrected chi connectivity index (χ3v) is 4.56. The number of fused-ring (bicyclic) bond motifs is 1. The Morgan fingerprint density at radius 3 is 2.77 bits per heavy atom. The summed E-state index contributed by atoms with van der Waals surface area (Å²) in [5, 5.41) is 7.48. The summed E-state index contributed by atoms with van der Waals surface area (Å²) in [4.78, 5) is 16.2. The zero-order chi connectivity index (χ0) is 17.9. The van der Waals surface area contributed by atoms with Crippen LogP contribution in [0, 0.1) is 0 Å². The van der Waals surface area contributed by atoms with Crippen molar-refractivity contribution in [1.82, 2.24) is 15.5 Å². The zero-order valence-corrected chi connectivity index (χ0v) is 14.5. The Morgan fingerprint density at radius 2 is 1.92 bits per heavy atom. The number of rotatable bonds is 3. The molecule has 2 heterocycles. The fourth-order valence-corrected chi connectivity index (χ4v) is 3.17. The van der Waals surface area contributed by atoms with E-state index in [0.29, 0.717) is 22.8 Å². The molecule has 1 aliphatic rings. The average Bonchev–Trinajstić information content (AvgIpc) is 3.06. The van der Waals surface area contributed by atoms with Crippen molar-refractivity contribution in [2.24, 2.45) is 0 Å². The molecule has 2 aromatic carbocycles. The summed E-state index contributed by atoms with van der Waals surface area (Å²) < 4.78 is 10.2. The van der Waals surface area contributed by atoms with Crippen LogP contribution >= 0.6 is 0 Å². The van der Waals surface area contributed by atoms with Crippen molar-refractivity contribution < 1.29 is 14.1 Å². The Morgan fingerprint density at radius 1 is 1.08 bits per heavy atom. The van der Waals surface area contributed by atoms with Gasteiger partial charge >= 0.3 is 5.97 Å². The van der Waals surface area contributed by atoms with Gasteiger partial charge in [0.15, 0.2) is 0 Å². The Hall–Kier alpha value is -2.99. The maximum Gasteiger partial charge on any atom is 0.337 e. The van der Waals surface area contributed by atoms with E-state index in [1.165, 1.54) is 18.2 Å². The van der Waals surface area contributed by atoms with Crippen LogP contribution in [0.15, 0.2) is 47.0 Å². The highest BCUT2D eigenvalue weighted by atomic mass is 16.5. The predicted octanol–water partition coefficient (Wildman–Crippen LogP) is 2.88. The van der Waals surface area contributed by atoms with Crippen molar-refractivity contribution in [2.45, 2.75) is 12.8 Å². The van der Waals surface area contributed by atoms with Crippen LogP contribution < -0.4 is 5.32 Å². The molecule has 0 fully saturated rings. The number of nitrogens with zero attached hydrogens (tertiary/aromatic N) is 2. The smallest absolute Gasteiger partial charge is 0.337 e. The van der Waals surface area contributed by atoms with Crippen LogP contribution in [0.1, 0.15) is 21.5 Å². The molecule has 132 valence electrons. The highest BCUT2D eigenvalue weighted by molar-refractivity contribution is 5.90. The summed E-state index contributed by atoms with van der Waals surface area (Å²) in [7, 11) is 1.36. The van der Waals surface area contributed by atoms with Gasteiger partial charge in [-0.15, -0.1) is 0 Å². The minimum atomic E-state index is -0.394. The second-order valence-electron chi connectivity index (χ2n) is 6.23. The molecule has 3 aromatic rings. The van der Waals surface area contributed by atoms with Crippen LogP contribution in [0.2, 0.25) is 0 Å². The molecule has 1 aromatic heterocycles. The minimum absolute atomic E-state index is 0.394. The fourth-order valence-electron chi connectivity index (χ4n) is 3.17. The van der Waals surface area contributed by atoms with E-state index in [1.807, 2.05) is 12.1 Å². The van der Waals surface area contributed by atoms with E-state index in [-0.39, 0.29) is 0 Å². The molecule has 26 heavy (non-hydrogen) atoms. The van der Waals surface area contributed by atoms with Gasteiger partial charge in [0.1, 0.15) is 0 Å². The van der Waals surface area contributed by atoms with Gasteiger partial charge in [-0.1, -0.05) is 23.4 Å². The molecule has 0 radical (unpaired) electrons. The molecule has 6 heteroatoms. The van der Waals surface area contributed by atoms with Crippen molar-refractivity contribution >= 4 is 5.97 Å². The van der Waals surface area contributed by atoms with Gasteiger partial charge in [0.25, 0.3) is 5.89 Å². The maximum absolute atomic E-state index is 11.7. The van der Waals surface area contributed by atoms with E-state index in [1.54, 1.807) is 18.2 Å². The number of benzene rings is 2. The number of nitrogens with one attached hydrogen (secondary N) is 1. The normalized spacial score (nSPS) is 13.7. The monoisotopic (exact) mass is 349 g/mol. The first-order valence-electron chi connectivity index (χ1n) is 8.60. The third-order valence-electron chi connectivity index (χ3n) is 4.56. The molecule has 0 bridgehead atoms. The number of esters is 1. The summed E-state index contributed by atoms with van der Waals surface area (Å²) in [5.41, 5.74) is 4.76. The lowest BCUT2D eigenvalue weighted by Crippen LogP contribution is -2.16. The molecule has 0 unspecified atom stereocenters. The van der Waals surface area contributed by atoms with E-state index in [0.717, 1.165) is 31.5 Å². The van der Waals surface area contributed by atoms with Crippen LogP contribution in [0.3, 0.4) is 0 Å². The molecule has 0 amide bonds. The van der Waals surface area contributed by atoms with Gasteiger partial charge in [0.2, 0.25) is 5.82 Å². The van der Waals surface area contributed by atoms with Crippen molar-refractivity contribution in [3.05, 3.63) is 59.2 Å². The lowest BCUT2D eigenvalue weighted by molar-refractivity contribution is 0.0601. The summed E-state index contributed by atoms with van der Waals surface area (Å²) in [6.45, 7) is 1.99. The average molecular weight is 349 g/mol. The van der Waals surface area contributed by atoms with E-state index in [2.05, 4.69) is 27.6 Å². The quantitative estimate of drug-likeness (QED) is 0.733. The van der Waals surface area contributed by atoms with Gasteiger partial charge in [0, 0.05) is 11.1 Å². The highest BCUT2D eigenvalue weighted by Crippen LogP contribution is 2.26. The molecule has 0 aliphatic carbocycles. The van der Waals surface area contributed by atoms with Crippen LogP contribution in [-0.4, -0.2) is 36.3 Å². The van der Waals surface area contributed by atoms with Gasteiger partial charge in [-0.2, -0.15) is 4.98 Å². The highest BCUT2D eigenvalue weighted by Gasteiger charge is 2.15. The van der Waals surface area contributed by atoms with Crippen LogP contribution in [-0.2, 0) is 17.6 Å². The van der Waals surface area contributed by atoms with Crippen molar-refractivity contribution in [3.8, 4) is 22.8 Å². The molecule has 0 spiro atoms. The number of carbonyl (C=O) groups excluding carboxylic acids is 1. The number of aromatic nitrogens is 2. The summed E-state index contributed by atoms with van der Waals surface area (Å²) in [5.74, 6) is 0.528. The Balaban J connectivity index is 1.64. The van der Waals surface area contributed by atoms with E-state index in [4.69, 9.17) is 9.26 Å². The lowest BCUT2D eigenvalue weighted by atomic mass is 10.00. The number of hydrogen-bond acceptors (Lipinski definition) is 6. The molecule has 1 aliphatic heterocycles. The molecule has 0 atom stereocenters. The number of ether oxygens (including phenoxy) is 1. The summed E-state index contributed by atoms with van der Waals surface area (Å²) in [6.07, 6.45) is 2.02. The Bertz CT molecular complexity index is 949. The molecular weight excluding hydrogens is 330 g/mol. The van der Waals surface area contributed by atoms with E-state index < -0.39 is 5.97 Å². The van der Waals surface area contributed by atoms with Crippen LogP contribution in [0.4, 0.5) is 0 Å². The second kappa shape index (κ2) is 7.09. The molecular formula is C20H19N3O3. The first kappa shape index (κ1) is 16.5. The fraction of sp³-hybridized carbons (Fsp3) is 0.250. The van der Waals surface area contributed by atoms with E-state index in [9.17, 15) is 4.79 Å². The number of carbonyl (C=O) groups is 1. The van der Waals surface area contributed by atoms with Gasteiger partial charge < -0.3 is 14.6 Å². The standard InChI is InChI=1S/C20H19N3O3/c1-25-20(24)17-4-2-3-15(12-17)18-22-19(26-23-18)16-6-5-13-7-9-21-10-8-14(13)11-16/h2-6,11-12,21H,7-10H2,1H3. The van der Waals surface area contributed by atoms with E-state index >= 15 is 0 Å². The SMILES string of the molecule is COC(=O)c1cccc(-c2noc(-c3ccc4c(c3)CCNCC4)n2)c1. The molecule has 0 saturated carbocycles. The zero-order valence-electron chi connectivity index (χ0n) is 14.5. The Kier molecular flexibility index (Phi) is 4.50. The third kappa shape index (κ3) is 3.23. The van der Waals surface area contributed by atoms with Crippen molar-refractivity contribution in [2.75, 3.05) is 20.2 Å². The molecule has 4 rings (SSSR count). The number of methoxy groups -OCH3 is 1. The molecule has 0 saturated heterocycles. The van der Waals surface area contributed by atoms with Gasteiger partial charge in [-0.05, 0) is 61.3 Å². The largest absolute Gasteiger partial charge is 0.465 e. The Labute approximate surface area is 151 Å². The van der Waals surface area contributed by atoms with Gasteiger partial charge in [-0.25, -0.2) is 4.79 Å². The topological polar surface area (TPSA) is 77.2 Å². The minimum Gasteiger partial charge on any atom is -0.465 e. The lowest BCUT2D eigenvalue weighted by Gasteiger charge is -2.05. The van der Waals surface area contributed by atoms with Crippen molar-refractivity contribution in [3.63, 3.8) is 0 Å².